The summed E-state index contributed by atoms with van der Waals surface area (Å²) in [6.45, 7) is 1.88. The summed E-state index contributed by atoms with van der Waals surface area (Å²) in [5, 5.41) is 27.4. The number of nitrogens with zero attached hydrogens (tertiary/aromatic N) is 3. The quantitative estimate of drug-likeness (QED) is 0.0768. The van der Waals surface area contributed by atoms with Crippen molar-refractivity contribution < 1.29 is 14.5 Å². The number of hydrogen-bond acceptors (Lipinski definition) is 8. The van der Waals surface area contributed by atoms with Crippen molar-refractivity contribution in [3.63, 3.8) is 0 Å². The molecular weight excluding hydrogens is 606 g/mol. The van der Waals surface area contributed by atoms with Crippen molar-refractivity contribution >= 4 is 79.9 Å². The Labute approximate surface area is 259 Å². The fourth-order valence-electron chi connectivity index (χ4n) is 4.05. The number of benzene rings is 4. The Morgan fingerprint density at radius 2 is 1.81 bits per heavy atom. The Morgan fingerprint density at radius 1 is 1.02 bits per heavy atom. The molecule has 0 saturated heterocycles. The van der Waals surface area contributed by atoms with E-state index in [0.29, 0.717) is 42.3 Å². The van der Waals surface area contributed by atoms with Gasteiger partial charge in [0, 0.05) is 17.4 Å². The molecule has 9 nitrogen and oxygen atoms in total. The van der Waals surface area contributed by atoms with Crippen LogP contribution in [0.2, 0.25) is 5.02 Å². The Kier molecular flexibility index (Phi) is 8.82. The van der Waals surface area contributed by atoms with Gasteiger partial charge >= 0.3 is 0 Å². The molecule has 0 atom stereocenters. The first-order valence-corrected chi connectivity index (χ1v) is 14.6. The third-order valence-electron chi connectivity index (χ3n) is 6.07. The van der Waals surface area contributed by atoms with Gasteiger partial charge in [0.05, 0.1) is 30.6 Å². The number of nitro benzene ring substituents is 1. The Balaban J connectivity index is 1.35. The van der Waals surface area contributed by atoms with Gasteiger partial charge in [-0.1, -0.05) is 53.7 Å². The fraction of sp³-hybridized carbons (Fsp3) is 0.0323. The molecule has 43 heavy (non-hydrogen) atoms. The summed E-state index contributed by atoms with van der Waals surface area (Å²) >= 11 is 8.58. The minimum Gasteiger partial charge on any atom is -0.322 e. The lowest BCUT2D eigenvalue weighted by atomic mass is 10.1. The van der Waals surface area contributed by atoms with E-state index >= 15 is 0 Å². The number of fused-ring (bicyclic) bond motifs is 1. The van der Waals surface area contributed by atoms with E-state index in [0.717, 1.165) is 22.0 Å². The second kappa shape index (κ2) is 12.9. The molecule has 0 radical (unpaired) electrons. The second-order valence-electron chi connectivity index (χ2n) is 9.18. The molecule has 0 aliphatic rings. The van der Waals surface area contributed by atoms with Gasteiger partial charge in [-0.2, -0.15) is 5.26 Å². The van der Waals surface area contributed by atoms with Crippen LogP contribution in [0.1, 0.15) is 21.5 Å². The van der Waals surface area contributed by atoms with E-state index in [-0.39, 0.29) is 17.2 Å². The minimum atomic E-state index is -0.619. The highest BCUT2D eigenvalue weighted by atomic mass is 35.5. The van der Waals surface area contributed by atoms with Crippen LogP contribution in [0.3, 0.4) is 0 Å². The standard InChI is InChI=1S/C31H20ClN5O4S2/c1-18-5-4-6-21(13-18)34-29(38)20(17-33)14-19-9-12-27(26(15-19)37(40)41)42-31-36-25-11-10-22(16-28(25)43-31)35-30(39)23-7-2-3-8-24(23)32/h2-16H,1H3,(H,34,38)(H,35,39)/b20-14+. The van der Waals surface area contributed by atoms with E-state index in [1.807, 2.05) is 19.1 Å². The molecule has 2 amide bonds. The largest absolute Gasteiger partial charge is 0.322 e. The smallest absolute Gasteiger partial charge is 0.283 e. The van der Waals surface area contributed by atoms with E-state index in [4.69, 9.17) is 11.6 Å². The first-order valence-electron chi connectivity index (χ1n) is 12.6. The summed E-state index contributed by atoms with van der Waals surface area (Å²) < 4.78 is 1.34. The first kappa shape index (κ1) is 29.5. The van der Waals surface area contributed by atoms with Crippen LogP contribution in [0.15, 0.2) is 99.7 Å². The van der Waals surface area contributed by atoms with Crippen LogP contribution in [-0.2, 0) is 4.79 Å². The van der Waals surface area contributed by atoms with Crippen LogP contribution < -0.4 is 10.6 Å². The Bertz CT molecular complexity index is 1980. The lowest BCUT2D eigenvalue weighted by molar-refractivity contribution is -0.387. The van der Waals surface area contributed by atoms with Crippen molar-refractivity contribution in [1.29, 1.82) is 5.26 Å². The van der Waals surface area contributed by atoms with Crippen molar-refractivity contribution in [3.05, 3.63) is 122 Å². The highest BCUT2D eigenvalue weighted by Crippen LogP contribution is 2.40. The maximum absolute atomic E-state index is 12.7. The molecule has 0 fully saturated rings. The highest BCUT2D eigenvalue weighted by molar-refractivity contribution is 8.01. The number of carbonyl (C=O) groups is 2. The number of rotatable bonds is 8. The molecular formula is C31H20ClN5O4S2. The van der Waals surface area contributed by atoms with Crippen LogP contribution in [0.5, 0.6) is 0 Å². The summed E-state index contributed by atoms with van der Waals surface area (Å²) in [6, 6.07) is 25.5. The van der Waals surface area contributed by atoms with Crippen LogP contribution in [0.4, 0.5) is 17.1 Å². The van der Waals surface area contributed by atoms with Gasteiger partial charge in [-0.15, -0.1) is 11.3 Å². The van der Waals surface area contributed by atoms with Gasteiger partial charge in [0.2, 0.25) is 0 Å². The molecule has 0 aliphatic heterocycles. The molecule has 0 aliphatic carbocycles. The lowest BCUT2D eigenvalue weighted by Gasteiger charge is -2.06. The number of halogens is 1. The van der Waals surface area contributed by atoms with Crippen LogP contribution in [0, 0.1) is 28.4 Å². The summed E-state index contributed by atoms with van der Waals surface area (Å²) in [7, 11) is 0. The summed E-state index contributed by atoms with van der Waals surface area (Å²) in [5.41, 5.74) is 3.00. The van der Waals surface area contributed by atoms with E-state index in [2.05, 4.69) is 15.6 Å². The van der Waals surface area contributed by atoms with Crippen molar-refractivity contribution in [3.8, 4) is 6.07 Å². The Morgan fingerprint density at radius 3 is 2.56 bits per heavy atom. The fourth-order valence-corrected chi connectivity index (χ4v) is 6.42. The van der Waals surface area contributed by atoms with Crippen LogP contribution in [-0.4, -0.2) is 21.7 Å². The number of nitriles is 1. The zero-order valence-corrected chi connectivity index (χ0v) is 24.7. The van der Waals surface area contributed by atoms with Gasteiger partial charge in [0.25, 0.3) is 17.5 Å². The average molecular weight is 626 g/mol. The molecule has 0 unspecified atom stereocenters. The number of carbonyl (C=O) groups excluding carboxylic acids is 2. The topological polar surface area (TPSA) is 138 Å². The van der Waals surface area contributed by atoms with Crippen LogP contribution in [0.25, 0.3) is 16.3 Å². The van der Waals surface area contributed by atoms with Crippen molar-refractivity contribution in [2.24, 2.45) is 0 Å². The molecule has 0 spiro atoms. The molecule has 5 rings (SSSR count). The number of thiazole rings is 1. The third kappa shape index (κ3) is 7.07. The third-order valence-corrected chi connectivity index (χ3v) is 8.55. The number of nitro groups is 1. The predicted octanol–water partition coefficient (Wildman–Crippen LogP) is 8.12. The van der Waals surface area contributed by atoms with E-state index in [1.54, 1.807) is 72.8 Å². The zero-order valence-electron chi connectivity index (χ0n) is 22.3. The van der Waals surface area contributed by atoms with Crippen molar-refractivity contribution in [2.75, 3.05) is 10.6 Å². The van der Waals surface area contributed by atoms with Gasteiger partial charge in [-0.05, 0) is 72.7 Å². The van der Waals surface area contributed by atoms with Gasteiger partial charge in [0.1, 0.15) is 11.6 Å². The number of aromatic nitrogens is 1. The van der Waals surface area contributed by atoms with Gasteiger partial charge in [0.15, 0.2) is 4.34 Å². The molecule has 2 N–H and O–H groups in total. The van der Waals surface area contributed by atoms with E-state index in [9.17, 15) is 25.0 Å². The van der Waals surface area contributed by atoms with E-state index in [1.165, 1.54) is 23.5 Å². The normalized spacial score (nSPS) is 11.1. The SMILES string of the molecule is Cc1cccc(NC(=O)/C(C#N)=C/c2ccc(Sc3nc4ccc(NC(=O)c5ccccc5Cl)cc4s3)c([N+](=O)[O-])c2)c1. The second-order valence-corrected chi connectivity index (χ2v) is 11.9. The average Bonchev–Trinajstić information content (AvgIpc) is 3.38. The lowest BCUT2D eigenvalue weighted by Crippen LogP contribution is -2.13. The zero-order chi connectivity index (χ0) is 30.5. The summed E-state index contributed by atoms with van der Waals surface area (Å²) in [4.78, 5) is 41.7. The number of hydrogen-bond donors (Lipinski definition) is 2. The van der Waals surface area contributed by atoms with Crippen molar-refractivity contribution in [1.82, 2.24) is 4.98 Å². The number of amides is 2. The monoisotopic (exact) mass is 625 g/mol. The predicted molar refractivity (Wildman–Crippen MR) is 170 cm³/mol. The number of aryl methyl sites for hydroxylation is 1. The number of nitrogens with one attached hydrogen (secondary N) is 2. The molecule has 4 aromatic carbocycles. The molecule has 1 heterocycles. The maximum Gasteiger partial charge on any atom is 0.283 e. The molecule has 1 aromatic heterocycles. The molecule has 0 saturated carbocycles. The van der Waals surface area contributed by atoms with Gasteiger partial charge in [-0.25, -0.2) is 4.98 Å². The van der Waals surface area contributed by atoms with Crippen LogP contribution >= 0.6 is 34.7 Å². The molecule has 12 heteroatoms. The first-order chi connectivity index (χ1) is 20.7. The maximum atomic E-state index is 12.7. The van der Waals surface area contributed by atoms with E-state index < -0.39 is 10.8 Å². The van der Waals surface area contributed by atoms with Gasteiger partial charge < -0.3 is 10.6 Å². The molecule has 0 bridgehead atoms. The summed E-state index contributed by atoms with van der Waals surface area (Å²) in [6.07, 6.45) is 1.31. The van der Waals surface area contributed by atoms with Crippen molar-refractivity contribution in [2.45, 2.75) is 16.2 Å². The molecule has 212 valence electrons. The molecule has 5 aromatic rings. The Hall–Kier alpha value is -5.02. The summed E-state index contributed by atoms with van der Waals surface area (Å²) in [5.74, 6) is -0.966. The number of anilines is 2. The highest BCUT2D eigenvalue weighted by Gasteiger charge is 2.19. The minimum absolute atomic E-state index is 0.193. The van der Waals surface area contributed by atoms with Gasteiger partial charge in [-0.3, -0.25) is 19.7 Å².